The van der Waals surface area contributed by atoms with Crippen molar-refractivity contribution >= 4 is 11.3 Å². The van der Waals surface area contributed by atoms with E-state index in [0.29, 0.717) is 6.04 Å². The number of aryl methyl sites for hydroxylation is 3. The van der Waals surface area contributed by atoms with Gasteiger partial charge >= 0.3 is 0 Å². The lowest BCUT2D eigenvalue weighted by Crippen LogP contribution is -2.21. The number of benzene rings is 1. The predicted octanol–water partition coefficient (Wildman–Crippen LogP) is 4.50. The van der Waals surface area contributed by atoms with Crippen molar-refractivity contribution in [2.75, 3.05) is 6.54 Å². The quantitative estimate of drug-likeness (QED) is 0.853. The molecule has 20 heavy (non-hydrogen) atoms. The van der Waals surface area contributed by atoms with Crippen LogP contribution in [0.1, 0.15) is 52.8 Å². The predicted molar refractivity (Wildman–Crippen MR) is 87.7 cm³/mol. The lowest BCUT2D eigenvalue weighted by Gasteiger charge is -2.18. The van der Waals surface area contributed by atoms with Gasteiger partial charge in [-0.3, -0.25) is 0 Å². The summed E-state index contributed by atoms with van der Waals surface area (Å²) in [4.78, 5) is 3.11. The molecule has 0 saturated heterocycles. The van der Waals surface area contributed by atoms with Gasteiger partial charge in [-0.25, -0.2) is 0 Å². The first-order chi connectivity index (χ1) is 9.81. The first-order valence-electron chi connectivity index (χ1n) is 7.75. The van der Waals surface area contributed by atoms with E-state index < -0.39 is 0 Å². The minimum Gasteiger partial charge on any atom is -0.306 e. The molecule has 0 aliphatic heterocycles. The molecule has 0 saturated carbocycles. The summed E-state index contributed by atoms with van der Waals surface area (Å²) in [5, 5.41) is 3.67. The van der Waals surface area contributed by atoms with Crippen molar-refractivity contribution in [3.05, 3.63) is 56.8 Å². The summed E-state index contributed by atoms with van der Waals surface area (Å²) < 4.78 is 0. The molecule has 106 valence electrons. The van der Waals surface area contributed by atoms with Crippen LogP contribution in [-0.2, 0) is 19.3 Å². The van der Waals surface area contributed by atoms with Crippen LogP contribution in [0, 0.1) is 0 Å². The van der Waals surface area contributed by atoms with E-state index in [0.717, 1.165) is 13.0 Å². The van der Waals surface area contributed by atoms with Crippen molar-refractivity contribution in [2.45, 2.75) is 45.6 Å². The van der Waals surface area contributed by atoms with E-state index in [4.69, 9.17) is 0 Å². The topological polar surface area (TPSA) is 12.0 Å². The highest BCUT2D eigenvalue weighted by atomic mass is 32.1. The van der Waals surface area contributed by atoms with Crippen LogP contribution in [0.25, 0.3) is 0 Å². The van der Waals surface area contributed by atoms with E-state index >= 15 is 0 Å². The van der Waals surface area contributed by atoms with Crippen LogP contribution in [0.5, 0.6) is 0 Å². The van der Waals surface area contributed by atoms with Crippen LogP contribution < -0.4 is 5.32 Å². The van der Waals surface area contributed by atoms with Crippen LogP contribution in [0.3, 0.4) is 0 Å². The van der Waals surface area contributed by atoms with Gasteiger partial charge in [0.1, 0.15) is 0 Å². The normalized spacial score (nSPS) is 15.3. The molecule has 0 amide bonds. The maximum atomic E-state index is 3.67. The van der Waals surface area contributed by atoms with Crippen LogP contribution in [0.4, 0.5) is 0 Å². The van der Waals surface area contributed by atoms with Crippen molar-refractivity contribution in [1.29, 1.82) is 0 Å². The SMILES string of the molecule is CCNC(c1cccc(CC)c1)c1cc2c(s1)CCC2. The highest BCUT2D eigenvalue weighted by Gasteiger charge is 2.21. The van der Waals surface area contributed by atoms with Crippen molar-refractivity contribution < 1.29 is 0 Å². The Morgan fingerprint density at radius 1 is 1.20 bits per heavy atom. The van der Waals surface area contributed by atoms with E-state index in [2.05, 4.69) is 49.5 Å². The molecule has 1 aliphatic carbocycles. The molecule has 0 bridgehead atoms. The van der Waals surface area contributed by atoms with E-state index in [-0.39, 0.29) is 0 Å². The van der Waals surface area contributed by atoms with Crippen molar-refractivity contribution in [3.8, 4) is 0 Å². The molecule has 1 unspecified atom stereocenters. The molecular weight excluding hydrogens is 262 g/mol. The number of rotatable bonds is 5. The minimum absolute atomic E-state index is 0.363. The van der Waals surface area contributed by atoms with Gasteiger partial charge in [0.05, 0.1) is 6.04 Å². The van der Waals surface area contributed by atoms with Gasteiger partial charge in [0.25, 0.3) is 0 Å². The number of hydrogen-bond acceptors (Lipinski definition) is 2. The average molecular weight is 285 g/mol. The summed E-state index contributed by atoms with van der Waals surface area (Å²) >= 11 is 2.02. The van der Waals surface area contributed by atoms with Gasteiger partial charge in [0.15, 0.2) is 0 Å². The zero-order valence-electron chi connectivity index (χ0n) is 12.4. The van der Waals surface area contributed by atoms with Crippen LogP contribution in [0.15, 0.2) is 30.3 Å². The molecule has 1 aromatic heterocycles. The van der Waals surface area contributed by atoms with Crippen molar-refractivity contribution in [1.82, 2.24) is 5.32 Å². The van der Waals surface area contributed by atoms with Gasteiger partial charge in [-0.15, -0.1) is 11.3 Å². The molecular formula is C18H23NS. The van der Waals surface area contributed by atoms with Gasteiger partial charge in [0, 0.05) is 9.75 Å². The molecule has 1 N–H and O–H groups in total. The second-order valence-electron chi connectivity index (χ2n) is 5.54. The highest BCUT2D eigenvalue weighted by Crippen LogP contribution is 2.36. The fourth-order valence-corrected chi connectivity index (χ4v) is 4.44. The zero-order chi connectivity index (χ0) is 13.9. The number of nitrogens with one attached hydrogen (secondary N) is 1. The van der Waals surface area contributed by atoms with Crippen molar-refractivity contribution in [3.63, 3.8) is 0 Å². The fourth-order valence-electron chi connectivity index (χ4n) is 3.07. The molecule has 1 atom stereocenters. The van der Waals surface area contributed by atoms with Gasteiger partial charge in [-0.1, -0.05) is 38.1 Å². The monoisotopic (exact) mass is 285 g/mol. The number of hydrogen-bond donors (Lipinski definition) is 1. The van der Waals surface area contributed by atoms with E-state index in [1.807, 2.05) is 11.3 Å². The third-order valence-corrected chi connectivity index (χ3v) is 5.45. The van der Waals surface area contributed by atoms with Crippen LogP contribution in [-0.4, -0.2) is 6.54 Å². The first-order valence-corrected chi connectivity index (χ1v) is 8.57. The van der Waals surface area contributed by atoms with E-state index in [9.17, 15) is 0 Å². The standard InChI is InChI=1S/C18H23NS/c1-3-13-7-5-9-15(11-13)18(19-4-2)17-12-14-8-6-10-16(14)20-17/h5,7,9,11-12,18-19H,3-4,6,8,10H2,1-2H3. The Morgan fingerprint density at radius 2 is 2.10 bits per heavy atom. The second-order valence-corrected chi connectivity index (χ2v) is 6.71. The second kappa shape index (κ2) is 6.11. The third-order valence-electron chi connectivity index (χ3n) is 4.15. The van der Waals surface area contributed by atoms with Crippen LogP contribution in [0.2, 0.25) is 0 Å². The Labute approximate surface area is 126 Å². The Hall–Kier alpha value is -1.12. The van der Waals surface area contributed by atoms with E-state index in [1.165, 1.54) is 35.3 Å². The van der Waals surface area contributed by atoms with Crippen molar-refractivity contribution in [2.24, 2.45) is 0 Å². The Morgan fingerprint density at radius 3 is 2.85 bits per heavy atom. The zero-order valence-corrected chi connectivity index (χ0v) is 13.2. The minimum atomic E-state index is 0.363. The average Bonchev–Trinajstić information content (AvgIpc) is 3.06. The van der Waals surface area contributed by atoms with Gasteiger partial charge < -0.3 is 5.32 Å². The Bertz CT molecular complexity index is 563. The molecule has 2 aromatic rings. The summed E-state index contributed by atoms with van der Waals surface area (Å²) in [6.07, 6.45) is 5.01. The first kappa shape index (κ1) is 13.8. The summed E-state index contributed by atoms with van der Waals surface area (Å²) in [6.45, 7) is 5.42. The maximum Gasteiger partial charge on any atom is 0.0671 e. The largest absolute Gasteiger partial charge is 0.306 e. The fraction of sp³-hybridized carbons (Fsp3) is 0.444. The summed E-state index contributed by atoms with van der Waals surface area (Å²) in [5.74, 6) is 0. The summed E-state index contributed by atoms with van der Waals surface area (Å²) in [6, 6.07) is 11.8. The smallest absolute Gasteiger partial charge is 0.0671 e. The Balaban J connectivity index is 1.94. The highest BCUT2D eigenvalue weighted by molar-refractivity contribution is 7.12. The molecule has 0 fully saturated rings. The number of fused-ring (bicyclic) bond motifs is 1. The van der Waals surface area contributed by atoms with Gasteiger partial charge in [-0.05, 0) is 55.0 Å². The Kier molecular flexibility index (Phi) is 4.23. The third kappa shape index (κ3) is 2.68. The summed E-state index contributed by atoms with van der Waals surface area (Å²) in [7, 11) is 0. The molecule has 1 heterocycles. The molecule has 0 spiro atoms. The lowest BCUT2D eigenvalue weighted by molar-refractivity contribution is 0.638. The lowest BCUT2D eigenvalue weighted by atomic mass is 10.0. The van der Waals surface area contributed by atoms with E-state index in [1.54, 1.807) is 10.4 Å². The number of thiophene rings is 1. The molecule has 1 aliphatic rings. The molecule has 2 heteroatoms. The molecule has 3 rings (SSSR count). The van der Waals surface area contributed by atoms with Gasteiger partial charge in [0.2, 0.25) is 0 Å². The van der Waals surface area contributed by atoms with Crippen LogP contribution >= 0.6 is 11.3 Å². The molecule has 1 aromatic carbocycles. The summed E-state index contributed by atoms with van der Waals surface area (Å²) in [5.41, 5.74) is 4.43. The maximum absolute atomic E-state index is 3.67. The molecule has 0 radical (unpaired) electrons. The van der Waals surface area contributed by atoms with Gasteiger partial charge in [-0.2, -0.15) is 0 Å². The molecule has 1 nitrogen and oxygen atoms in total.